The number of furan rings is 3. The molecule has 0 saturated carbocycles. The fraction of sp³-hybridized carbons (Fsp3) is 0. The van der Waals surface area contributed by atoms with Crippen molar-refractivity contribution in [2.45, 2.75) is 0 Å². The lowest BCUT2D eigenvalue weighted by molar-refractivity contribution is 0.583. The van der Waals surface area contributed by atoms with Crippen molar-refractivity contribution in [1.29, 1.82) is 0 Å². The fourth-order valence-corrected chi connectivity index (χ4v) is 2.90. The highest BCUT2D eigenvalue weighted by molar-refractivity contribution is 6.28. The summed E-state index contributed by atoms with van der Waals surface area (Å²) in [7, 11) is 0. The second kappa shape index (κ2) is 3.01. The van der Waals surface area contributed by atoms with E-state index >= 15 is 0 Å². The molecule has 5 aromatic rings. The number of rotatable bonds is 0. The van der Waals surface area contributed by atoms with Gasteiger partial charge in [0.05, 0.1) is 18.8 Å². The maximum absolute atomic E-state index is 5.66. The van der Waals surface area contributed by atoms with E-state index in [2.05, 4.69) is 12.1 Å². The van der Waals surface area contributed by atoms with Gasteiger partial charge in [-0.1, -0.05) is 12.1 Å². The smallest absolute Gasteiger partial charge is 0.177 e. The van der Waals surface area contributed by atoms with Crippen molar-refractivity contribution >= 4 is 43.7 Å². The Hall–Kier alpha value is -2.68. The number of benzene rings is 2. The predicted octanol–water partition coefficient (Wildman–Crippen LogP) is 5.08. The van der Waals surface area contributed by atoms with E-state index in [4.69, 9.17) is 13.3 Å². The van der Waals surface area contributed by atoms with Crippen molar-refractivity contribution in [3.8, 4) is 0 Å². The van der Waals surface area contributed by atoms with E-state index < -0.39 is 0 Å². The molecule has 0 spiro atoms. The maximum Gasteiger partial charge on any atom is 0.177 e. The molecule has 5 rings (SSSR count). The molecule has 3 aromatic heterocycles. The van der Waals surface area contributed by atoms with Crippen LogP contribution in [0.25, 0.3) is 43.7 Å². The molecule has 0 amide bonds. The second-order valence-electron chi connectivity index (χ2n) is 4.65. The zero-order valence-corrected chi connectivity index (χ0v) is 9.84. The topological polar surface area (TPSA) is 39.4 Å². The normalized spacial score (nSPS) is 12.2. The monoisotopic (exact) mass is 248 g/mol. The van der Waals surface area contributed by atoms with Crippen molar-refractivity contribution < 1.29 is 13.3 Å². The van der Waals surface area contributed by atoms with Gasteiger partial charge in [-0.2, -0.15) is 0 Å². The molecule has 0 radical (unpaired) electrons. The summed E-state index contributed by atoms with van der Waals surface area (Å²) in [6.07, 6.45) is 5.10. The molecule has 0 aliphatic rings. The molecule has 0 atom stereocenters. The lowest BCUT2D eigenvalue weighted by Crippen LogP contribution is -1.77. The summed E-state index contributed by atoms with van der Waals surface area (Å²) in [6, 6.07) is 10.1. The lowest BCUT2D eigenvalue weighted by Gasteiger charge is -2.02. The average molecular weight is 248 g/mol. The van der Waals surface area contributed by atoms with E-state index in [1.54, 1.807) is 18.8 Å². The Morgan fingerprint density at radius 2 is 1.21 bits per heavy atom. The van der Waals surface area contributed by atoms with E-state index in [-0.39, 0.29) is 0 Å². The summed E-state index contributed by atoms with van der Waals surface area (Å²) in [6.45, 7) is 0. The summed E-state index contributed by atoms with van der Waals surface area (Å²) in [4.78, 5) is 0. The van der Waals surface area contributed by atoms with E-state index in [0.717, 1.165) is 43.7 Å². The summed E-state index contributed by atoms with van der Waals surface area (Å²) in [5.74, 6) is 0. The molecule has 0 fully saturated rings. The van der Waals surface area contributed by atoms with Crippen LogP contribution in [0.4, 0.5) is 0 Å². The highest BCUT2D eigenvalue weighted by Gasteiger charge is 2.16. The van der Waals surface area contributed by atoms with Crippen LogP contribution in [-0.4, -0.2) is 0 Å². The van der Waals surface area contributed by atoms with Crippen LogP contribution in [0.5, 0.6) is 0 Å². The van der Waals surface area contributed by atoms with Gasteiger partial charge in [0, 0.05) is 21.5 Å². The molecule has 90 valence electrons. The third-order valence-electron chi connectivity index (χ3n) is 3.72. The zero-order valence-electron chi connectivity index (χ0n) is 9.84. The molecule has 3 heterocycles. The SMILES string of the molecule is c1cc2c3ccc4ccoc4c3c3ccoc3c2o1. The van der Waals surface area contributed by atoms with Crippen LogP contribution in [0.1, 0.15) is 0 Å². The van der Waals surface area contributed by atoms with E-state index in [0.29, 0.717) is 0 Å². The molecule has 0 unspecified atom stereocenters. The van der Waals surface area contributed by atoms with Gasteiger partial charge in [-0.15, -0.1) is 0 Å². The van der Waals surface area contributed by atoms with E-state index in [1.165, 1.54) is 0 Å². The van der Waals surface area contributed by atoms with Gasteiger partial charge in [0.25, 0.3) is 0 Å². The maximum atomic E-state index is 5.66. The van der Waals surface area contributed by atoms with Gasteiger partial charge in [0.15, 0.2) is 11.2 Å². The fourth-order valence-electron chi connectivity index (χ4n) is 2.90. The quantitative estimate of drug-likeness (QED) is 0.383. The van der Waals surface area contributed by atoms with Crippen molar-refractivity contribution in [1.82, 2.24) is 0 Å². The highest BCUT2D eigenvalue weighted by atomic mass is 16.4. The average Bonchev–Trinajstić information content (AvgIpc) is 3.17. The van der Waals surface area contributed by atoms with Crippen molar-refractivity contribution in [3.05, 3.63) is 49.1 Å². The van der Waals surface area contributed by atoms with Crippen LogP contribution in [0.15, 0.2) is 62.4 Å². The van der Waals surface area contributed by atoms with Crippen LogP contribution in [0.2, 0.25) is 0 Å². The first-order valence-corrected chi connectivity index (χ1v) is 6.10. The Morgan fingerprint density at radius 3 is 2.11 bits per heavy atom. The molecule has 3 heteroatoms. The third-order valence-corrected chi connectivity index (χ3v) is 3.72. The van der Waals surface area contributed by atoms with Gasteiger partial charge in [-0.3, -0.25) is 0 Å². The third kappa shape index (κ3) is 0.993. The Bertz CT molecular complexity index is 1060. The standard InChI is InChI=1S/C16H8O3/c1-2-10-11-4-7-18-15(11)16-12(5-8-19-16)13(10)14-9(1)3-6-17-14/h1-8H. The first-order valence-electron chi connectivity index (χ1n) is 6.10. The Balaban J connectivity index is 2.30. The molecule has 3 nitrogen and oxygen atoms in total. The number of hydrogen-bond acceptors (Lipinski definition) is 3. The summed E-state index contributed by atoms with van der Waals surface area (Å²) in [5, 5.41) is 5.38. The van der Waals surface area contributed by atoms with Gasteiger partial charge in [0.2, 0.25) is 0 Å². The molecule has 2 aromatic carbocycles. The predicted molar refractivity (Wildman–Crippen MR) is 73.3 cm³/mol. The summed E-state index contributed by atoms with van der Waals surface area (Å²) in [5.41, 5.74) is 2.46. The minimum absolute atomic E-state index is 0.774. The summed E-state index contributed by atoms with van der Waals surface area (Å²) < 4.78 is 16.8. The first kappa shape index (κ1) is 9.28. The van der Waals surface area contributed by atoms with E-state index in [9.17, 15) is 0 Å². The minimum atomic E-state index is 0.774. The molecule has 0 aliphatic carbocycles. The molecule has 0 aliphatic heterocycles. The van der Waals surface area contributed by atoms with Gasteiger partial charge in [-0.05, 0) is 23.6 Å². The van der Waals surface area contributed by atoms with Crippen molar-refractivity contribution in [2.24, 2.45) is 0 Å². The molecular formula is C16H8O3. The number of fused-ring (bicyclic) bond motifs is 8. The first-order chi connectivity index (χ1) is 9.43. The summed E-state index contributed by atoms with van der Waals surface area (Å²) >= 11 is 0. The Labute approximate surface area is 107 Å². The molecule has 0 saturated heterocycles. The van der Waals surface area contributed by atoms with Crippen LogP contribution in [0.3, 0.4) is 0 Å². The van der Waals surface area contributed by atoms with Crippen molar-refractivity contribution in [3.63, 3.8) is 0 Å². The highest BCUT2D eigenvalue weighted by Crippen LogP contribution is 2.39. The van der Waals surface area contributed by atoms with Gasteiger partial charge < -0.3 is 13.3 Å². The van der Waals surface area contributed by atoms with Crippen LogP contribution < -0.4 is 0 Å². The number of hydrogen-bond donors (Lipinski definition) is 0. The van der Waals surface area contributed by atoms with Gasteiger partial charge in [-0.25, -0.2) is 0 Å². The van der Waals surface area contributed by atoms with Gasteiger partial charge in [0.1, 0.15) is 5.58 Å². The van der Waals surface area contributed by atoms with Crippen molar-refractivity contribution in [2.75, 3.05) is 0 Å². The molecule has 0 bridgehead atoms. The Morgan fingerprint density at radius 1 is 0.526 bits per heavy atom. The van der Waals surface area contributed by atoms with E-state index in [1.807, 2.05) is 18.2 Å². The Kier molecular flexibility index (Phi) is 1.47. The largest absolute Gasteiger partial charge is 0.464 e. The lowest BCUT2D eigenvalue weighted by atomic mass is 10.0. The minimum Gasteiger partial charge on any atom is -0.464 e. The second-order valence-corrected chi connectivity index (χ2v) is 4.65. The zero-order chi connectivity index (χ0) is 12.4. The molecule has 0 N–H and O–H groups in total. The van der Waals surface area contributed by atoms with Crippen LogP contribution >= 0.6 is 0 Å². The molecule has 19 heavy (non-hydrogen) atoms. The van der Waals surface area contributed by atoms with Crippen LogP contribution in [0, 0.1) is 0 Å². The van der Waals surface area contributed by atoms with Gasteiger partial charge >= 0.3 is 0 Å². The molecular weight excluding hydrogens is 240 g/mol. The van der Waals surface area contributed by atoms with Crippen LogP contribution in [-0.2, 0) is 0 Å².